The van der Waals surface area contributed by atoms with Gasteiger partial charge in [-0.15, -0.1) is 0 Å². The average molecular weight is 388 g/mol. The lowest BCUT2D eigenvalue weighted by Gasteiger charge is -2.22. The predicted molar refractivity (Wildman–Crippen MR) is 111 cm³/mol. The maximum Gasteiger partial charge on any atom is 0.231 e. The number of fused-ring (bicyclic) bond motifs is 4. The number of rotatable bonds is 0. The molecule has 0 fully saturated rings. The minimum atomic E-state index is 0. The molecule has 0 bridgehead atoms. The smallest absolute Gasteiger partial charge is 0.222 e. The Morgan fingerprint density at radius 3 is 0.643 bits per heavy atom. The second kappa shape index (κ2) is 27.8. The molecule has 0 heterocycles. The fourth-order valence-corrected chi connectivity index (χ4v) is 1.84. The summed E-state index contributed by atoms with van der Waals surface area (Å²) in [6.07, 6.45) is 3.00. The Balaban J connectivity index is -0.0000000657. The molecule has 8 heteroatoms. The first-order valence-corrected chi connectivity index (χ1v) is 5.97. The molecule has 0 saturated heterocycles. The molecule has 1 aliphatic carbocycles. The number of carbonyl (C=O) groups excluding carboxylic acids is 4. The van der Waals surface area contributed by atoms with Gasteiger partial charge in [0.2, 0.25) is 24.3 Å². The Labute approximate surface area is 166 Å². The average Bonchev–Trinajstić information content (AvgIpc) is 2.56. The first-order valence-electron chi connectivity index (χ1n) is 5.97. The van der Waals surface area contributed by atoms with Gasteiger partial charge in [0.25, 0.3) is 0 Å². The van der Waals surface area contributed by atoms with E-state index in [1.165, 1.54) is 22.3 Å². The van der Waals surface area contributed by atoms with E-state index in [4.69, 9.17) is 40.8 Å². The zero-order chi connectivity index (χ0) is 18.8. The highest BCUT2D eigenvalue weighted by molar-refractivity contribution is 6.02. The topological polar surface area (TPSA) is 164 Å². The van der Waals surface area contributed by atoms with E-state index in [1.54, 1.807) is 0 Å². The summed E-state index contributed by atoms with van der Waals surface area (Å²) in [5.74, 6) is 0. The molecule has 28 heavy (non-hydrogen) atoms. The highest BCUT2D eigenvalue weighted by Gasteiger charge is 2.19. The molecule has 4 N–H and O–H groups in total. The van der Waals surface area contributed by atoms with Gasteiger partial charge in [-0.3, -0.25) is 0 Å². The minimum absolute atomic E-state index is 0. The third-order valence-corrected chi connectivity index (χ3v) is 2.43. The molecular weight excluding hydrogens is 360 g/mol. The largest absolute Gasteiger partial charge is 0.231 e. The predicted octanol–water partition coefficient (Wildman–Crippen LogP) is 5.48. The quantitative estimate of drug-likeness (QED) is 0.296. The molecule has 1 aliphatic rings. The van der Waals surface area contributed by atoms with Crippen LogP contribution in [-0.2, 0) is 19.2 Å². The minimum Gasteiger partial charge on any atom is -0.222 e. The lowest BCUT2D eigenvalue weighted by molar-refractivity contribution is 0.562. The van der Waals surface area contributed by atoms with Crippen LogP contribution in [-0.4, -0.2) is 24.3 Å². The number of benzene rings is 2. The molecular formula is C20H28N4O4. The number of nitrogens with one attached hydrogen (secondary N) is 4. The zero-order valence-corrected chi connectivity index (χ0v) is 12.3. The lowest BCUT2D eigenvalue weighted by atomic mass is 9.81. The molecule has 0 aliphatic heterocycles. The standard InChI is InChI=1S/C12H8.4CHNO.4CH4/c1-2-6-10-9(5-1)11-7-3-4-8-12(10)11;4*2-1-3;;;;/h1-8H;4*2H;4*1H4. The van der Waals surface area contributed by atoms with Crippen molar-refractivity contribution in [1.82, 2.24) is 0 Å². The highest BCUT2D eigenvalue weighted by Crippen LogP contribution is 2.46. The normalized spacial score (nSPS) is 6.00. The molecule has 0 aromatic heterocycles. The van der Waals surface area contributed by atoms with Gasteiger partial charge in [0.05, 0.1) is 0 Å². The van der Waals surface area contributed by atoms with E-state index in [-0.39, 0.29) is 29.7 Å². The van der Waals surface area contributed by atoms with Gasteiger partial charge in [-0.1, -0.05) is 78.2 Å². The van der Waals surface area contributed by atoms with E-state index >= 15 is 0 Å². The van der Waals surface area contributed by atoms with Gasteiger partial charge in [0.15, 0.2) is 0 Å². The van der Waals surface area contributed by atoms with Crippen LogP contribution in [0, 0.1) is 21.6 Å². The molecule has 152 valence electrons. The van der Waals surface area contributed by atoms with Crippen LogP contribution in [0.5, 0.6) is 0 Å². The maximum atomic E-state index is 8.35. The molecule has 0 unspecified atom stereocenters. The van der Waals surface area contributed by atoms with E-state index < -0.39 is 0 Å². The van der Waals surface area contributed by atoms with E-state index in [2.05, 4.69) is 48.5 Å². The first-order chi connectivity index (χ1) is 11.6. The van der Waals surface area contributed by atoms with Crippen LogP contribution in [0.4, 0.5) is 0 Å². The summed E-state index contributed by atoms with van der Waals surface area (Å²) in [6.45, 7) is 0. The van der Waals surface area contributed by atoms with Crippen LogP contribution in [0.15, 0.2) is 48.5 Å². The summed E-state index contributed by atoms with van der Waals surface area (Å²) < 4.78 is 0. The molecule has 0 spiro atoms. The van der Waals surface area contributed by atoms with Crippen molar-refractivity contribution in [3.8, 4) is 22.3 Å². The van der Waals surface area contributed by atoms with Crippen LogP contribution < -0.4 is 0 Å². The number of hydrogen-bond acceptors (Lipinski definition) is 8. The van der Waals surface area contributed by atoms with Gasteiger partial charge >= 0.3 is 0 Å². The van der Waals surface area contributed by atoms with Crippen LogP contribution in [0.2, 0.25) is 0 Å². The zero-order valence-electron chi connectivity index (χ0n) is 12.3. The number of hydrogen-bond donors (Lipinski definition) is 4. The molecule has 2 aromatic rings. The third-order valence-electron chi connectivity index (χ3n) is 2.43. The monoisotopic (exact) mass is 388 g/mol. The molecule has 0 amide bonds. The van der Waals surface area contributed by atoms with E-state index in [0.717, 1.165) is 24.3 Å². The summed E-state index contributed by atoms with van der Waals surface area (Å²) in [5, 5.41) is 21.6. The fourth-order valence-electron chi connectivity index (χ4n) is 1.84. The summed E-state index contributed by atoms with van der Waals surface area (Å²) in [5.41, 5.74) is 5.59. The van der Waals surface area contributed by atoms with Crippen molar-refractivity contribution in [3.05, 3.63) is 48.5 Å². The van der Waals surface area contributed by atoms with Gasteiger partial charge in [-0.05, 0) is 22.3 Å². The van der Waals surface area contributed by atoms with Gasteiger partial charge in [-0.25, -0.2) is 40.8 Å². The Morgan fingerprint density at radius 2 is 0.536 bits per heavy atom. The summed E-state index contributed by atoms with van der Waals surface area (Å²) in [4.78, 5) is 33.4. The molecule has 3 rings (SSSR count). The first kappa shape index (κ1) is 39.2. The Morgan fingerprint density at radius 1 is 0.429 bits per heavy atom. The van der Waals surface area contributed by atoms with Crippen molar-refractivity contribution in [2.45, 2.75) is 29.7 Å². The van der Waals surface area contributed by atoms with Crippen molar-refractivity contribution < 1.29 is 19.2 Å². The summed E-state index contributed by atoms with van der Waals surface area (Å²) in [7, 11) is 0. The lowest BCUT2D eigenvalue weighted by Crippen LogP contribution is -1.96. The van der Waals surface area contributed by atoms with E-state index in [1.807, 2.05) is 0 Å². The summed E-state index contributed by atoms with van der Waals surface area (Å²) >= 11 is 0. The van der Waals surface area contributed by atoms with Gasteiger partial charge in [0, 0.05) is 0 Å². The molecule has 2 aromatic carbocycles. The van der Waals surface area contributed by atoms with Crippen LogP contribution in [0.1, 0.15) is 29.7 Å². The van der Waals surface area contributed by atoms with Crippen LogP contribution in [0.25, 0.3) is 22.3 Å². The second-order valence-electron chi connectivity index (χ2n) is 3.50. The molecule has 0 radical (unpaired) electrons. The maximum absolute atomic E-state index is 8.35. The molecule has 8 nitrogen and oxygen atoms in total. The Hall–Kier alpha value is -4.04. The van der Waals surface area contributed by atoms with Crippen molar-refractivity contribution in [3.63, 3.8) is 0 Å². The molecule has 0 atom stereocenters. The third kappa shape index (κ3) is 14.3. The van der Waals surface area contributed by atoms with Crippen molar-refractivity contribution >= 4 is 24.3 Å². The fraction of sp³-hybridized carbons (Fsp3) is 0.200. The van der Waals surface area contributed by atoms with Crippen molar-refractivity contribution in [2.24, 2.45) is 0 Å². The summed E-state index contributed by atoms with van der Waals surface area (Å²) in [6, 6.07) is 17.1. The van der Waals surface area contributed by atoms with Crippen molar-refractivity contribution in [1.29, 1.82) is 21.6 Å². The van der Waals surface area contributed by atoms with Crippen LogP contribution >= 0.6 is 0 Å². The van der Waals surface area contributed by atoms with Gasteiger partial charge in [-0.2, -0.15) is 0 Å². The van der Waals surface area contributed by atoms with Gasteiger partial charge < -0.3 is 0 Å². The molecule has 0 saturated carbocycles. The Bertz CT molecular complexity index is 632. The Kier molecular flexibility index (Phi) is 38.9. The van der Waals surface area contributed by atoms with Gasteiger partial charge in [0.1, 0.15) is 0 Å². The number of isocyanates is 4. The van der Waals surface area contributed by atoms with E-state index in [0.29, 0.717) is 0 Å². The van der Waals surface area contributed by atoms with Crippen molar-refractivity contribution in [2.75, 3.05) is 0 Å². The highest BCUT2D eigenvalue weighted by atomic mass is 16.1. The second-order valence-corrected chi connectivity index (χ2v) is 3.50. The van der Waals surface area contributed by atoms with Crippen LogP contribution in [0.3, 0.4) is 0 Å². The van der Waals surface area contributed by atoms with E-state index in [9.17, 15) is 0 Å². The SMILES string of the molecule is C.C.C.C.N=C=O.N=C=O.N=C=O.N=C=O.c1ccc2c(c1)-c1ccccc1-2.